The molecule has 0 fully saturated rings. The highest BCUT2D eigenvalue weighted by Crippen LogP contribution is 2.21. The number of carbonyl (C=O) groups is 1. The highest BCUT2D eigenvalue weighted by atomic mass is 19.1. The minimum atomic E-state index is -0.534. The maximum atomic E-state index is 13.3. The van der Waals surface area contributed by atoms with Gasteiger partial charge in [-0.25, -0.2) is 15.0 Å². The average molecular weight is 526 g/mol. The molecule has 0 unspecified atom stereocenters. The van der Waals surface area contributed by atoms with E-state index in [9.17, 15) is 14.3 Å². The second-order valence-corrected chi connectivity index (χ2v) is 8.71. The smallest absolute Gasteiger partial charge is 0.270 e. The number of amides is 1. The molecule has 0 bridgehead atoms. The van der Waals surface area contributed by atoms with E-state index in [0.29, 0.717) is 40.1 Å². The van der Waals surface area contributed by atoms with E-state index in [0.717, 1.165) is 16.8 Å². The summed E-state index contributed by atoms with van der Waals surface area (Å²) >= 11 is 0. The van der Waals surface area contributed by atoms with Gasteiger partial charge in [-0.2, -0.15) is 9.49 Å². The van der Waals surface area contributed by atoms with E-state index in [1.807, 2.05) is 13.0 Å². The number of H-pyrrole nitrogens is 1. The van der Waals surface area contributed by atoms with Crippen LogP contribution >= 0.6 is 0 Å². The van der Waals surface area contributed by atoms with Gasteiger partial charge in [0.15, 0.2) is 11.6 Å². The third-order valence-electron chi connectivity index (χ3n) is 5.77. The number of aryl methyl sites for hydroxylation is 2. The minimum absolute atomic E-state index is 0.146. The van der Waals surface area contributed by atoms with E-state index in [1.165, 1.54) is 6.07 Å². The summed E-state index contributed by atoms with van der Waals surface area (Å²) in [6.45, 7) is 3.68. The summed E-state index contributed by atoms with van der Waals surface area (Å²) in [5, 5.41) is 21.9. The van der Waals surface area contributed by atoms with E-state index >= 15 is 0 Å². The summed E-state index contributed by atoms with van der Waals surface area (Å²) < 4.78 is 13.3. The van der Waals surface area contributed by atoms with Crippen molar-refractivity contribution in [2.24, 2.45) is 0 Å². The van der Waals surface area contributed by atoms with Crippen LogP contribution in [-0.4, -0.2) is 46.1 Å². The van der Waals surface area contributed by atoms with Crippen LogP contribution in [0.2, 0.25) is 0 Å². The Labute approximate surface area is 222 Å². The lowest BCUT2D eigenvalue weighted by Gasteiger charge is -2.08. The Morgan fingerprint density at radius 3 is 2.54 bits per heavy atom. The molecule has 0 aliphatic rings. The van der Waals surface area contributed by atoms with Crippen LogP contribution in [0.4, 0.5) is 16.0 Å². The van der Waals surface area contributed by atoms with Crippen molar-refractivity contribution in [3.05, 3.63) is 95.2 Å². The predicted octanol–water partition coefficient (Wildman–Crippen LogP) is 3.64. The van der Waals surface area contributed by atoms with Crippen molar-refractivity contribution < 1.29 is 14.3 Å². The first-order valence-electron chi connectivity index (χ1n) is 12.0. The van der Waals surface area contributed by atoms with Crippen LogP contribution in [0.3, 0.4) is 0 Å². The Hall–Kier alpha value is -5.10. The third kappa shape index (κ3) is 6.08. The fourth-order valence-electron chi connectivity index (χ4n) is 3.82. The molecule has 4 N–H and O–H groups in total. The molecular formula is C27H24FN9O2. The number of nitrogens with zero attached hydrogens (tertiary/aromatic N) is 6. The van der Waals surface area contributed by atoms with Gasteiger partial charge < -0.3 is 15.7 Å². The van der Waals surface area contributed by atoms with Gasteiger partial charge in [-0.05, 0) is 49.7 Å². The molecule has 196 valence electrons. The lowest BCUT2D eigenvalue weighted by atomic mass is 10.1. The molecule has 1 amide bonds. The van der Waals surface area contributed by atoms with Crippen LogP contribution in [0.25, 0.3) is 22.6 Å². The van der Waals surface area contributed by atoms with Gasteiger partial charge in [0.1, 0.15) is 11.5 Å². The van der Waals surface area contributed by atoms with Crippen LogP contribution in [0.1, 0.15) is 33.1 Å². The van der Waals surface area contributed by atoms with Gasteiger partial charge >= 0.3 is 0 Å². The zero-order valence-electron chi connectivity index (χ0n) is 21.1. The van der Waals surface area contributed by atoms with Gasteiger partial charge in [0, 0.05) is 53.6 Å². The molecule has 0 saturated heterocycles. The third-order valence-corrected chi connectivity index (χ3v) is 5.77. The summed E-state index contributed by atoms with van der Waals surface area (Å²) in [4.78, 5) is 34.2. The normalized spacial score (nSPS) is 10.9. The van der Waals surface area contributed by atoms with E-state index in [1.54, 1.807) is 55.7 Å². The molecule has 0 spiro atoms. The second-order valence-electron chi connectivity index (χ2n) is 8.71. The first-order valence-corrected chi connectivity index (χ1v) is 12.0. The van der Waals surface area contributed by atoms with Crippen molar-refractivity contribution >= 4 is 17.5 Å². The van der Waals surface area contributed by atoms with Crippen molar-refractivity contribution in [1.29, 1.82) is 0 Å². The Balaban J connectivity index is 1.22. The number of rotatable bonds is 8. The second kappa shape index (κ2) is 11.1. The molecule has 0 atom stereocenters. The molecular weight excluding hydrogens is 501 g/mol. The average Bonchev–Trinajstić information content (AvgIpc) is 3.39. The van der Waals surface area contributed by atoms with E-state index in [-0.39, 0.29) is 24.8 Å². The summed E-state index contributed by atoms with van der Waals surface area (Å²) in [5.41, 5.74) is 4.96. The molecule has 0 aliphatic heterocycles. The number of aromatic amines is 1. The van der Waals surface area contributed by atoms with Gasteiger partial charge in [0.2, 0.25) is 5.95 Å². The molecule has 39 heavy (non-hydrogen) atoms. The van der Waals surface area contributed by atoms with Gasteiger partial charge in [-0.15, -0.1) is 0 Å². The summed E-state index contributed by atoms with van der Waals surface area (Å²) in [6, 6.07) is 13.4. The monoisotopic (exact) mass is 525 g/mol. The number of aliphatic hydroxyl groups excluding tert-OH is 1. The number of anilines is 2. The number of nitrogens with one attached hydrogen (secondary N) is 3. The number of pyridine rings is 3. The van der Waals surface area contributed by atoms with Crippen LogP contribution in [-0.2, 0) is 13.2 Å². The molecule has 5 aromatic heterocycles. The number of halogens is 1. The number of aliphatic hydroxyl groups is 1. The molecule has 0 saturated carbocycles. The number of aromatic nitrogens is 7. The van der Waals surface area contributed by atoms with Gasteiger partial charge in [-0.3, -0.25) is 19.9 Å². The Morgan fingerprint density at radius 2 is 1.85 bits per heavy atom. The largest absolute Gasteiger partial charge is 0.390 e. The van der Waals surface area contributed by atoms with Crippen molar-refractivity contribution in [3.8, 4) is 22.6 Å². The first-order chi connectivity index (χ1) is 18.9. The quantitative estimate of drug-likeness (QED) is 0.222. The molecule has 0 aliphatic carbocycles. The van der Waals surface area contributed by atoms with Crippen LogP contribution < -0.4 is 10.6 Å². The highest BCUT2D eigenvalue weighted by molar-refractivity contribution is 5.92. The summed E-state index contributed by atoms with van der Waals surface area (Å²) in [6.07, 6.45) is 3.20. The first kappa shape index (κ1) is 25.5. The highest BCUT2D eigenvalue weighted by Gasteiger charge is 2.12. The predicted molar refractivity (Wildman–Crippen MR) is 141 cm³/mol. The molecule has 5 aromatic rings. The van der Waals surface area contributed by atoms with Crippen LogP contribution in [0.15, 0.2) is 60.9 Å². The Kier molecular flexibility index (Phi) is 7.28. The van der Waals surface area contributed by atoms with Gasteiger partial charge in [-0.1, -0.05) is 6.07 Å². The Bertz CT molecular complexity index is 1620. The molecule has 0 aromatic carbocycles. The van der Waals surface area contributed by atoms with E-state index in [2.05, 4.69) is 45.8 Å². The Morgan fingerprint density at radius 1 is 0.974 bits per heavy atom. The van der Waals surface area contributed by atoms with E-state index in [4.69, 9.17) is 0 Å². The topological polar surface area (TPSA) is 154 Å². The van der Waals surface area contributed by atoms with E-state index < -0.39 is 5.95 Å². The number of hydrogen-bond acceptors (Lipinski definition) is 9. The fraction of sp³-hybridized carbons (Fsp3) is 0.148. The summed E-state index contributed by atoms with van der Waals surface area (Å²) in [7, 11) is 0. The standard InChI is InChI=1S/C27H24FN9O2/c1-15-9-24(34-25-10-19(14-38)36-37-25)35-26(32-15)18-4-7-22(30-13-18)27(39)31-12-17-3-6-21(29-11-17)20-5-8-23(28)33-16(20)2/h3-11,13,38H,12,14H2,1-2H3,(H,31,39)(H2,32,34,35,36,37). The van der Waals surface area contributed by atoms with Gasteiger partial charge in [0.25, 0.3) is 5.91 Å². The maximum Gasteiger partial charge on any atom is 0.270 e. The lowest BCUT2D eigenvalue weighted by molar-refractivity contribution is 0.0946. The van der Waals surface area contributed by atoms with Crippen LogP contribution in [0.5, 0.6) is 0 Å². The molecule has 11 nitrogen and oxygen atoms in total. The maximum absolute atomic E-state index is 13.3. The minimum Gasteiger partial charge on any atom is -0.390 e. The van der Waals surface area contributed by atoms with Gasteiger partial charge in [0.05, 0.1) is 18.0 Å². The zero-order chi connectivity index (χ0) is 27.4. The van der Waals surface area contributed by atoms with Crippen molar-refractivity contribution in [2.75, 3.05) is 5.32 Å². The summed E-state index contributed by atoms with van der Waals surface area (Å²) in [5.74, 6) is 0.609. The zero-order valence-corrected chi connectivity index (χ0v) is 21.1. The lowest BCUT2D eigenvalue weighted by Crippen LogP contribution is -2.23. The van der Waals surface area contributed by atoms with Crippen molar-refractivity contribution in [3.63, 3.8) is 0 Å². The van der Waals surface area contributed by atoms with Crippen LogP contribution in [0, 0.1) is 19.8 Å². The number of carbonyl (C=O) groups excluding carboxylic acids is 1. The molecule has 0 radical (unpaired) electrons. The number of hydrogen-bond donors (Lipinski definition) is 4. The molecule has 12 heteroatoms. The SMILES string of the molecule is Cc1cc(Nc2cc(CO)[nH]n2)nc(-c2ccc(C(=O)NCc3ccc(-c4ccc(F)nc4C)nc3)nc2)n1. The van der Waals surface area contributed by atoms with Crippen molar-refractivity contribution in [2.45, 2.75) is 27.0 Å². The molecule has 5 rings (SSSR count). The van der Waals surface area contributed by atoms with Crippen molar-refractivity contribution in [1.82, 2.24) is 40.4 Å². The fourth-order valence-corrected chi connectivity index (χ4v) is 3.82. The molecule has 5 heterocycles.